The molecule has 1 saturated heterocycles. The number of hydrogen-bond acceptors (Lipinski definition) is 9. The lowest BCUT2D eigenvalue weighted by Crippen LogP contribution is -2.56. The normalized spacial score (nSPS) is 15.7. The molecule has 0 spiro atoms. The first-order chi connectivity index (χ1) is 24.0. The van der Waals surface area contributed by atoms with Crippen LogP contribution in [0, 0.1) is 0 Å². The minimum absolute atomic E-state index is 0.136. The molecule has 1 aliphatic rings. The van der Waals surface area contributed by atoms with Gasteiger partial charge in [-0.1, -0.05) is 38.6 Å². The van der Waals surface area contributed by atoms with E-state index < -0.39 is 34.9 Å². The standard InChI is InChI=1S/C37H45FN8O5/c1-22(2)29-20-40-46-30(29)43-34(50-28-15-16-37(7,8)45(21-28)35(49)51-36(4,5)6)44-33(46)39-19-24-11-9-13-26(17-24)42-32(48)25-12-10-14-27(18-25)41-31(47)23(3)38/h9-14,17-18,20,22,28H,3,15-16,19,21H2,1-2,4-8H3,(H,41,47)(H,42,48)(H,39,43,44). The lowest BCUT2D eigenvalue weighted by molar-refractivity contribution is -0.114. The van der Waals surface area contributed by atoms with Gasteiger partial charge < -0.3 is 25.4 Å². The summed E-state index contributed by atoms with van der Waals surface area (Å²) in [6, 6.07) is 13.6. The quantitative estimate of drug-likeness (QED) is 0.147. The van der Waals surface area contributed by atoms with Crippen molar-refractivity contribution in [1.82, 2.24) is 24.5 Å². The lowest BCUT2D eigenvalue weighted by atomic mass is 9.89. The Balaban J connectivity index is 1.32. The van der Waals surface area contributed by atoms with E-state index in [-0.39, 0.29) is 29.3 Å². The number of likely N-dealkylation sites (tertiary alicyclic amines) is 1. The molecule has 4 aromatic rings. The van der Waals surface area contributed by atoms with Crippen LogP contribution in [0.4, 0.5) is 26.5 Å². The summed E-state index contributed by atoms with van der Waals surface area (Å²) in [5.74, 6) is -1.98. The number of benzene rings is 2. The number of piperidine rings is 1. The van der Waals surface area contributed by atoms with Crippen molar-refractivity contribution in [1.29, 1.82) is 0 Å². The van der Waals surface area contributed by atoms with Gasteiger partial charge in [-0.05, 0) is 89.3 Å². The molecule has 0 aliphatic carbocycles. The van der Waals surface area contributed by atoms with Crippen LogP contribution in [-0.2, 0) is 16.1 Å². The van der Waals surface area contributed by atoms with Gasteiger partial charge in [-0.15, -0.1) is 0 Å². The second-order valence-electron chi connectivity index (χ2n) is 14.4. The minimum Gasteiger partial charge on any atom is -0.458 e. The Bertz CT molecular complexity index is 1950. The average molecular weight is 701 g/mol. The second kappa shape index (κ2) is 14.8. The van der Waals surface area contributed by atoms with Gasteiger partial charge in [-0.2, -0.15) is 19.6 Å². The molecule has 270 valence electrons. The van der Waals surface area contributed by atoms with Gasteiger partial charge in [0, 0.05) is 34.6 Å². The predicted octanol–water partition coefficient (Wildman–Crippen LogP) is 7.09. The number of halogens is 1. The summed E-state index contributed by atoms with van der Waals surface area (Å²) in [5.41, 5.74) is 2.40. The molecule has 13 nitrogen and oxygen atoms in total. The maximum atomic E-state index is 13.1. The molecule has 0 radical (unpaired) electrons. The molecule has 1 aliphatic heterocycles. The lowest BCUT2D eigenvalue weighted by Gasteiger charge is -2.45. The fraction of sp³-hybridized carbons (Fsp3) is 0.405. The summed E-state index contributed by atoms with van der Waals surface area (Å²) in [6.07, 6.45) is 2.43. The van der Waals surface area contributed by atoms with Gasteiger partial charge in [0.2, 0.25) is 5.95 Å². The van der Waals surface area contributed by atoms with E-state index in [4.69, 9.17) is 19.4 Å². The SMILES string of the molecule is C=C(F)C(=O)Nc1cccc(C(=O)Nc2cccc(CNc3nc(OC4CCC(C)(C)N(C(=O)OC(C)(C)C)C4)nc4c(C(C)C)cnn34)c2)c1. The molecule has 2 aromatic carbocycles. The first-order valence-electron chi connectivity index (χ1n) is 16.8. The molecular formula is C37H45FN8O5. The number of aromatic nitrogens is 4. The molecule has 1 fully saturated rings. The molecular weight excluding hydrogens is 655 g/mol. The van der Waals surface area contributed by atoms with Crippen LogP contribution in [0.25, 0.3) is 5.65 Å². The van der Waals surface area contributed by atoms with Crippen molar-refractivity contribution in [3.63, 3.8) is 0 Å². The summed E-state index contributed by atoms with van der Waals surface area (Å²) in [6.45, 7) is 17.3. The molecule has 0 bridgehead atoms. The van der Waals surface area contributed by atoms with E-state index in [1.165, 1.54) is 6.07 Å². The molecule has 1 atom stereocenters. The number of anilines is 3. The summed E-state index contributed by atoms with van der Waals surface area (Å²) in [4.78, 5) is 49.0. The largest absolute Gasteiger partial charge is 0.458 e. The zero-order valence-electron chi connectivity index (χ0n) is 30.0. The summed E-state index contributed by atoms with van der Waals surface area (Å²) < 4.78 is 26.8. The summed E-state index contributed by atoms with van der Waals surface area (Å²) >= 11 is 0. The highest BCUT2D eigenvalue weighted by Gasteiger charge is 2.40. The Morgan fingerprint density at radius 3 is 2.45 bits per heavy atom. The smallest absolute Gasteiger partial charge is 0.410 e. The molecule has 3 amide bonds. The van der Waals surface area contributed by atoms with Gasteiger partial charge >= 0.3 is 12.1 Å². The molecule has 3 N–H and O–H groups in total. The topological polar surface area (TPSA) is 152 Å². The number of rotatable bonds is 10. The fourth-order valence-corrected chi connectivity index (χ4v) is 5.61. The fourth-order valence-electron chi connectivity index (χ4n) is 5.61. The van der Waals surface area contributed by atoms with Crippen molar-refractivity contribution in [3.8, 4) is 6.01 Å². The summed E-state index contributed by atoms with van der Waals surface area (Å²) in [7, 11) is 0. The maximum Gasteiger partial charge on any atom is 0.410 e. The van der Waals surface area contributed by atoms with Gasteiger partial charge in [0.25, 0.3) is 11.8 Å². The number of amides is 3. The third-order valence-electron chi connectivity index (χ3n) is 8.34. The van der Waals surface area contributed by atoms with Crippen LogP contribution >= 0.6 is 0 Å². The molecule has 14 heteroatoms. The Kier molecular flexibility index (Phi) is 10.6. The first kappa shape index (κ1) is 36.7. The number of ether oxygens (including phenoxy) is 2. The maximum absolute atomic E-state index is 13.1. The minimum atomic E-state index is -1.13. The van der Waals surface area contributed by atoms with Crippen LogP contribution in [0.3, 0.4) is 0 Å². The molecule has 1 unspecified atom stereocenters. The molecule has 51 heavy (non-hydrogen) atoms. The Morgan fingerprint density at radius 2 is 1.76 bits per heavy atom. The van der Waals surface area contributed by atoms with Gasteiger partial charge in [0.05, 0.1) is 12.7 Å². The summed E-state index contributed by atoms with van der Waals surface area (Å²) in [5, 5.41) is 13.1. The third-order valence-corrected chi connectivity index (χ3v) is 8.34. The van der Waals surface area contributed by atoms with Gasteiger partial charge in [0.15, 0.2) is 11.5 Å². The van der Waals surface area contributed by atoms with Crippen LogP contribution in [0.15, 0.2) is 67.1 Å². The third kappa shape index (κ3) is 9.18. The van der Waals surface area contributed by atoms with Crippen LogP contribution < -0.4 is 20.7 Å². The average Bonchev–Trinajstić information content (AvgIpc) is 3.48. The zero-order chi connectivity index (χ0) is 37.1. The molecule has 5 rings (SSSR count). The van der Waals surface area contributed by atoms with Crippen LogP contribution in [0.1, 0.15) is 88.7 Å². The molecule has 2 aromatic heterocycles. The zero-order valence-corrected chi connectivity index (χ0v) is 30.0. The van der Waals surface area contributed by atoms with Crippen molar-refractivity contribution in [2.24, 2.45) is 0 Å². The van der Waals surface area contributed by atoms with E-state index in [9.17, 15) is 18.8 Å². The van der Waals surface area contributed by atoms with Crippen molar-refractivity contribution in [2.45, 2.75) is 91.0 Å². The van der Waals surface area contributed by atoms with E-state index in [1.807, 2.05) is 52.8 Å². The first-order valence-corrected chi connectivity index (χ1v) is 16.8. The van der Waals surface area contributed by atoms with E-state index in [1.54, 1.807) is 39.9 Å². The number of nitrogens with zero attached hydrogens (tertiary/aromatic N) is 5. The molecule has 3 heterocycles. The number of nitrogens with one attached hydrogen (secondary N) is 3. The van der Waals surface area contributed by atoms with Gasteiger partial charge in [0.1, 0.15) is 11.7 Å². The van der Waals surface area contributed by atoms with Crippen molar-refractivity contribution in [3.05, 3.63) is 83.8 Å². The number of fused-ring (bicyclic) bond motifs is 1. The van der Waals surface area contributed by atoms with Crippen LogP contribution in [0.2, 0.25) is 0 Å². The predicted molar refractivity (Wildman–Crippen MR) is 193 cm³/mol. The highest BCUT2D eigenvalue weighted by molar-refractivity contribution is 6.06. The Labute approximate surface area is 296 Å². The van der Waals surface area contributed by atoms with Gasteiger partial charge in [-0.3, -0.25) is 14.5 Å². The highest BCUT2D eigenvalue weighted by Crippen LogP contribution is 2.31. The number of carbonyl (C=O) groups excluding carboxylic acids is 3. The Hall–Kier alpha value is -5.53. The van der Waals surface area contributed by atoms with E-state index in [2.05, 4.69) is 41.5 Å². The van der Waals surface area contributed by atoms with Crippen LogP contribution in [-0.4, -0.2) is 66.2 Å². The Morgan fingerprint density at radius 1 is 1.06 bits per heavy atom. The van der Waals surface area contributed by atoms with Crippen molar-refractivity contribution < 1.29 is 28.2 Å². The van der Waals surface area contributed by atoms with Gasteiger partial charge in [-0.25, -0.2) is 9.18 Å². The highest BCUT2D eigenvalue weighted by atomic mass is 19.1. The van der Waals surface area contributed by atoms with E-state index >= 15 is 0 Å². The monoisotopic (exact) mass is 700 g/mol. The van der Waals surface area contributed by atoms with Crippen LogP contribution in [0.5, 0.6) is 6.01 Å². The van der Waals surface area contributed by atoms with Crippen molar-refractivity contribution in [2.75, 3.05) is 22.5 Å². The van der Waals surface area contributed by atoms with Crippen molar-refractivity contribution >= 4 is 40.9 Å². The molecule has 0 saturated carbocycles. The van der Waals surface area contributed by atoms with E-state index in [0.29, 0.717) is 43.2 Å². The number of carbonyl (C=O) groups is 3. The number of hydrogen-bond donors (Lipinski definition) is 3. The second-order valence-corrected chi connectivity index (χ2v) is 14.4. The van der Waals surface area contributed by atoms with E-state index in [0.717, 1.165) is 11.1 Å².